The molecule has 0 N–H and O–H groups in total. The second-order valence-electron chi connectivity index (χ2n) is 3.70. The van der Waals surface area contributed by atoms with Crippen LogP contribution in [-0.4, -0.2) is 24.1 Å². The lowest BCUT2D eigenvalue weighted by atomic mass is 10.3. The molecule has 3 aromatic heterocycles. The Labute approximate surface area is 106 Å². The molecular formula is C11H8ClN5O. The number of fused-ring (bicyclic) bond motifs is 1. The van der Waals surface area contributed by atoms with Crippen LogP contribution in [0.4, 0.5) is 0 Å². The fraction of sp³-hybridized carbons (Fsp3) is 0.0909. The maximum Gasteiger partial charge on any atom is 0.350 e. The first-order valence-electron chi connectivity index (χ1n) is 5.25. The van der Waals surface area contributed by atoms with Gasteiger partial charge in [0, 0.05) is 12.4 Å². The zero-order valence-corrected chi connectivity index (χ0v) is 9.95. The zero-order valence-electron chi connectivity index (χ0n) is 9.19. The summed E-state index contributed by atoms with van der Waals surface area (Å²) < 4.78 is 2.76. The van der Waals surface area contributed by atoms with E-state index in [2.05, 4.69) is 15.1 Å². The Balaban J connectivity index is 2.05. The van der Waals surface area contributed by atoms with Gasteiger partial charge in [-0.1, -0.05) is 17.7 Å². The summed E-state index contributed by atoms with van der Waals surface area (Å²) in [6.45, 7) is 0.279. The van der Waals surface area contributed by atoms with E-state index in [0.717, 1.165) is 0 Å². The lowest BCUT2D eigenvalue weighted by Gasteiger charge is -1.99. The smallest absolute Gasteiger partial charge is 0.259 e. The van der Waals surface area contributed by atoms with E-state index < -0.39 is 0 Å². The molecule has 0 aliphatic rings. The molecule has 18 heavy (non-hydrogen) atoms. The molecule has 7 heteroatoms. The number of nitrogens with zero attached hydrogens (tertiary/aromatic N) is 5. The Hall–Kier alpha value is -2.21. The molecule has 0 bridgehead atoms. The number of halogens is 1. The van der Waals surface area contributed by atoms with Crippen molar-refractivity contribution in [3.8, 4) is 0 Å². The summed E-state index contributed by atoms with van der Waals surface area (Å²) in [5.74, 6) is 0. The normalized spacial score (nSPS) is 10.9. The molecule has 0 aliphatic heterocycles. The van der Waals surface area contributed by atoms with Crippen molar-refractivity contribution in [2.24, 2.45) is 0 Å². The molecule has 3 rings (SSSR count). The third-order valence-corrected chi connectivity index (χ3v) is 2.68. The lowest BCUT2D eigenvalue weighted by Crippen LogP contribution is -2.22. The van der Waals surface area contributed by atoms with Crippen molar-refractivity contribution >= 4 is 17.2 Å². The maximum absolute atomic E-state index is 12.0. The molecule has 0 amide bonds. The van der Waals surface area contributed by atoms with Gasteiger partial charge in [-0.15, -0.1) is 5.10 Å². The summed E-state index contributed by atoms with van der Waals surface area (Å²) in [6.07, 6.45) is 4.65. The molecule has 0 atom stereocenters. The molecule has 3 heterocycles. The lowest BCUT2D eigenvalue weighted by molar-refractivity contribution is 0.646. The first-order valence-corrected chi connectivity index (χ1v) is 5.62. The van der Waals surface area contributed by atoms with Crippen LogP contribution >= 0.6 is 11.6 Å². The van der Waals surface area contributed by atoms with Gasteiger partial charge in [0.05, 0.1) is 18.4 Å². The van der Waals surface area contributed by atoms with E-state index in [1.54, 1.807) is 24.4 Å². The van der Waals surface area contributed by atoms with E-state index in [-0.39, 0.29) is 12.2 Å². The van der Waals surface area contributed by atoms with Crippen molar-refractivity contribution < 1.29 is 0 Å². The summed E-state index contributed by atoms with van der Waals surface area (Å²) >= 11 is 5.80. The van der Waals surface area contributed by atoms with Crippen LogP contribution in [0.5, 0.6) is 0 Å². The Morgan fingerprint density at radius 2 is 2.22 bits per heavy atom. The fourth-order valence-corrected chi connectivity index (χ4v) is 1.86. The highest BCUT2D eigenvalue weighted by molar-refractivity contribution is 6.29. The fourth-order valence-electron chi connectivity index (χ4n) is 1.67. The van der Waals surface area contributed by atoms with Crippen molar-refractivity contribution in [1.82, 2.24) is 24.1 Å². The Bertz CT molecular complexity index is 763. The second-order valence-corrected chi connectivity index (χ2v) is 4.08. The number of pyridine rings is 1. The predicted molar refractivity (Wildman–Crippen MR) is 65.6 cm³/mol. The van der Waals surface area contributed by atoms with Gasteiger partial charge in [-0.05, 0) is 12.1 Å². The highest BCUT2D eigenvalue weighted by atomic mass is 35.5. The molecule has 0 saturated carbocycles. The van der Waals surface area contributed by atoms with Crippen LogP contribution < -0.4 is 5.69 Å². The molecule has 0 saturated heterocycles. The van der Waals surface area contributed by atoms with Gasteiger partial charge >= 0.3 is 5.69 Å². The second kappa shape index (κ2) is 4.23. The molecule has 90 valence electrons. The summed E-state index contributed by atoms with van der Waals surface area (Å²) in [7, 11) is 0. The van der Waals surface area contributed by atoms with Crippen LogP contribution in [0.15, 0.2) is 41.6 Å². The van der Waals surface area contributed by atoms with E-state index in [0.29, 0.717) is 16.5 Å². The number of aromatic nitrogens is 5. The minimum atomic E-state index is -0.228. The summed E-state index contributed by atoms with van der Waals surface area (Å²) in [4.78, 5) is 20.0. The minimum Gasteiger partial charge on any atom is -0.259 e. The summed E-state index contributed by atoms with van der Waals surface area (Å²) in [5, 5.41) is 4.55. The molecule has 0 radical (unpaired) electrons. The SMILES string of the molecule is O=c1n(Cc2cccc(Cl)n2)nc2cnccn12. The summed E-state index contributed by atoms with van der Waals surface area (Å²) in [6, 6.07) is 5.26. The molecule has 3 aromatic rings. The van der Waals surface area contributed by atoms with Crippen molar-refractivity contribution in [3.63, 3.8) is 0 Å². The zero-order chi connectivity index (χ0) is 12.5. The van der Waals surface area contributed by atoms with Crippen molar-refractivity contribution in [1.29, 1.82) is 0 Å². The molecule has 6 nitrogen and oxygen atoms in total. The van der Waals surface area contributed by atoms with Crippen LogP contribution in [0, 0.1) is 0 Å². The van der Waals surface area contributed by atoms with Gasteiger partial charge in [-0.25, -0.2) is 18.9 Å². The first-order chi connectivity index (χ1) is 8.74. The van der Waals surface area contributed by atoms with Gasteiger partial charge in [0.1, 0.15) is 5.15 Å². The van der Waals surface area contributed by atoms with E-state index in [1.165, 1.54) is 21.5 Å². The molecule has 0 aromatic carbocycles. The predicted octanol–water partition coefficient (Wildman–Crippen LogP) is 0.988. The molecular weight excluding hydrogens is 254 g/mol. The number of rotatable bonds is 2. The first kappa shape index (κ1) is 10.9. The van der Waals surface area contributed by atoms with Gasteiger partial charge < -0.3 is 0 Å². The van der Waals surface area contributed by atoms with Gasteiger partial charge in [0.25, 0.3) is 0 Å². The average molecular weight is 262 g/mol. The largest absolute Gasteiger partial charge is 0.350 e. The van der Waals surface area contributed by atoms with E-state index >= 15 is 0 Å². The topological polar surface area (TPSA) is 65.1 Å². The summed E-state index contributed by atoms with van der Waals surface area (Å²) in [5.41, 5.74) is 0.958. The van der Waals surface area contributed by atoms with E-state index in [1.807, 2.05) is 0 Å². The van der Waals surface area contributed by atoms with Crippen LogP contribution in [0.25, 0.3) is 5.65 Å². The van der Waals surface area contributed by atoms with Crippen LogP contribution in [0.1, 0.15) is 5.69 Å². The third kappa shape index (κ3) is 1.86. The molecule has 0 unspecified atom stereocenters. The highest BCUT2D eigenvalue weighted by Gasteiger charge is 2.07. The van der Waals surface area contributed by atoms with E-state index in [4.69, 9.17) is 11.6 Å². The quantitative estimate of drug-likeness (QED) is 0.645. The van der Waals surface area contributed by atoms with Crippen LogP contribution in [0.2, 0.25) is 5.15 Å². The Morgan fingerprint density at radius 1 is 1.33 bits per heavy atom. The van der Waals surface area contributed by atoms with Crippen LogP contribution in [0.3, 0.4) is 0 Å². The standard InChI is InChI=1S/C11H8ClN5O/c12-9-3-1-2-8(14-9)7-17-11(18)16-5-4-13-6-10(16)15-17/h1-6H,7H2. The van der Waals surface area contributed by atoms with Crippen molar-refractivity contribution in [2.45, 2.75) is 6.54 Å². The van der Waals surface area contributed by atoms with E-state index in [9.17, 15) is 4.79 Å². The Kier molecular flexibility index (Phi) is 2.56. The van der Waals surface area contributed by atoms with Crippen molar-refractivity contribution in [3.05, 3.63) is 58.1 Å². The van der Waals surface area contributed by atoms with Gasteiger partial charge in [0.15, 0.2) is 5.65 Å². The average Bonchev–Trinajstić information content (AvgIpc) is 2.67. The third-order valence-electron chi connectivity index (χ3n) is 2.47. The maximum atomic E-state index is 12.0. The van der Waals surface area contributed by atoms with Crippen molar-refractivity contribution in [2.75, 3.05) is 0 Å². The van der Waals surface area contributed by atoms with Gasteiger partial charge in [-0.3, -0.25) is 4.98 Å². The monoisotopic (exact) mass is 261 g/mol. The number of hydrogen-bond acceptors (Lipinski definition) is 4. The van der Waals surface area contributed by atoms with Crippen LogP contribution in [-0.2, 0) is 6.54 Å². The molecule has 0 fully saturated rings. The molecule has 0 aliphatic carbocycles. The highest BCUT2D eigenvalue weighted by Crippen LogP contribution is 2.05. The Morgan fingerprint density at radius 3 is 3.00 bits per heavy atom. The van der Waals surface area contributed by atoms with Gasteiger partial charge in [0.2, 0.25) is 0 Å². The molecule has 0 spiro atoms. The minimum absolute atomic E-state index is 0.228. The number of hydrogen-bond donors (Lipinski definition) is 0. The van der Waals surface area contributed by atoms with Gasteiger partial charge in [-0.2, -0.15) is 0 Å².